The largest absolute Gasteiger partial charge is 0.477 e. The lowest BCUT2D eigenvalue weighted by Gasteiger charge is -2.46. The maximum absolute atomic E-state index is 14.6. The van der Waals surface area contributed by atoms with Crippen molar-refractivity contribution in [3.63, 3.8) is 0 Å². The number of nitrogens with zero attached hydrogens (tertiary/aromatic N) is 4. The van der Waals surface area contributed by atoms with E-state index in [0.29, 0.717) is 42.2 Å². The maximum Gasteiger partial charge on any atom is 0.353 e. The lowest BCUT2D eigenvalue weighted by molar-refractivity contribution is -0.163. The number of aliphatic hydroxyl groups excluding tert-OH is 1. The summed E-state index contributed by atoms with van der Waals surface area (Å²) in [5.41, 5.74) is 0.198. The third-order valence-electron chi connectivity index (χ3n) is 10.2. The standard InChI is InChI=1S/C17H18FN3O3.C17H25N3O5S/c18-13-7-11-14(8-15(13)20-5-3-19-4-6-20)21(10-1-2-10)9-12(16(11)22)17(23)24;1-7-12-11(8(2)21)16(23)20(12)13(17(24)25)14(7)26-9-5-10(18-6-9)15(22)19(3)4/h7-10,19H,1-6H2,(H,23,24);7-12,18,21H,5-6H2,1-4H3,(H,24,25)/t;7-,8-,9+,10+,11-,12-/m.1/s1. The van der Waals surface area contributed by atoms with Crippen molar-refractivity contribution in [2.24, 2.45) is 11.8 Å². The number of benzene rings is 1. The number of β-lactam (4-membered cyclic amide) rings is 1. The Labute approximate surface area is 292 Å². The predicted molar refractivity (Wildman–Crippen MR) is 185 cm³/mol. The van der Waals surface area contributed by atoms with Gasteiger partial charge in [-0.15, -0.1) is 11.8 Å². The van der Waals surface area contributed by atoms with Gasteiger partial charge in [0.2, 0.25) is 17.2 Å². The molecular weight excluding hydrogens is 671 g/mol. The summed E-state index contributed by atoms with van der Waals surface area (Å²) in [5.74, 6) is -3.89. The number of amides is 2. The highest BCUT2D eigenvalue weighted by Crippen LogP contribution is 2.51. The molecule has 1 saturated carbocycles. The molecule has 5 aliphatic rings. The Morgan fingerprint density at radius 2 is 1.76 bits per heavy atom. The van der Waals surface area contributed by atoms with E-state index in [4.69, 9.17) is 0 Å². The molecular formula is C34H43FN6O8S. The van der Waals surface area contributed by atoms with Gasteiger partial charge in [-0.3, -0.25) is 14.4 Å². The van der Waals surface area contributed by atoms with Crippen molar-refractivity contribution in [3.05, 3.63) is 50.5 Å². The van der Waals surface area contributed by atoms with Gasteiger partial charge in [0.25, 0.3) is 0 Å². The maximum atomic E-state index is 14.6. The fourth-order valence-corrected chi connectivity index (χ4v) is 8.94. The molecule has 5 heterocycles. The highest BCUT2D eigenvalue weighted by Gasteiger charge is 2.60. The number of aliphatic hydroxyl groups is 1. The van der Waals surface area contributed by atoms with Crippen molar-refractivity contribution < 1.29 is 38.9 Å². The normalized spacial score (nSPS) is 26.7. The average molecular weight is 715 g/mol. The first-order chi connectivity index (χ1) is 23.7. The second-order valence-electron chi connectivity index (χ2n) is 13.8. The lowest BCUT2D eigenvalue weighted by atomic mass is 9.79. The predicted octanol–water partition coefficient (Wildman–Crippen LogP) is 1.28. The van der Waals surface area contributed by atoms with Gasteiger partial charge in [-0.25, -0.2) is 14.0 Å². The Morgan fingerprint density at radius 3 is 2.34 bits per heavy atom. The van der Waals surface area contributed by atoms with Gasteiger partial charge in [0.15, 0.2) is 0 Å². The quantitative estimate of drug-likeness (QED) is 0.247. The first-order valence-corrected chi connectivity index (χ1v) is 17.8. The highest BCUT2D eigenvalue weighted by atomic mass is 32.2. The van der Waals surface area contributed by atoms with Gasteiger partial charge >= 0.3 is 11.9 Å². The van der Waals surface area contributed by atoms with E-state index in [9.17, 15) is 43.7 Å². The molecule has 0 radical (unpaired) electrons. The molecule has 4 fully saturated rings. The number of carbonyl (C=O) groups excluding carboxylic acids is 2. The second-order valence-corrected chi connectivity index (χ2v) is 15.2. The Balaban J connectivity index is 0.000000173. The number of thioether (sulfide) groups is 1. The average Bonchev–Trinajstić information content (AvgIpc) is 3.75. The number of aliphatic carboxylic acids is 1. The van der Waals surface area contributed by atoms with Crippen LogP contribution in [0.4, 0.5) is 10.1 Å². The number of carboxylic acid groups (broad SMARTS) is 2. The third kappa shape index (κ3) is 6.49. The summed E-state index contributed by atoms with van der Waals surface area (Å²) in [7, 11) is 3.42. The number of nitrogens with one attached hydrogen (secondary N) is 2. The molecule has 1 aromatic carbocycles. The Hall–Kier alpha value is -3.99. The van der Waals surface area contributed by atoms with Gasteiger partial charge in [0.05, 0.1) is 35.3 Å². The minimum Gasteiger partial charge on any atom is -0.477 e. The molecule has 270 valence electrons. The van der Waals surface area contributed by atoms with Gasteiger partial charge < -0.3 is 45.2 Å². The first kappa shape index (κ1) is 35.8. The summed E-state index contributed by atoms with van der Waals surface area (Å²) in [6, 6.07) is 2.51. The molecule has 14 nitrogen and oxygen atoms in total. The topological polar surface area (TPSA) is 185 Å². The number of carboxylic acids is 2. The number of rotatable bonds is 8. The Kier molecular flexibility index (Phi) is 10.0. The molecule has 1 aromatic heterocycles. The summed E-state index contributed by atoms with van der Waals surface area (Å²) in [6.07, 6.45) is 3.10. The number of anilines is 1. The summed E-state index contributed by atoms with van der Waals surface area (Å²) in [5, 5.41) is 35.4. The van der Waals surface area contributed by atoms with Crippen molar-refractivity contribution >= 4 is 52.1 Å². The number of aromatic nitrogens is 1. The van der Waals surface area contributed by atoms with Crippen LogP contribution in [0.5, 0.6) is 0 Å². The molecule has 6 atom stereocenters. The van der Waals surface area contributed by atoms with Crippen LogP contribution in [0, 0.1) is 17.7 Å². The zero-order chi connectivity index (χ0) is 36.2. The van der Waals surface area contributed by atoms with Gasteiger partial charge in [-0.1, -0.05) is 6.92 Å². The number of likely N-dealkylation sites (N-methyl/N-ethyl adjacent to an activating group) is 1. The minimum atomic E-state index is -1.28. The molecule has 4 aliphatic heterocycles. The van der Waals surface area contributed by atoms with E-state index in [1.54, 1.807) is 32.0 Å². The van der Waals surface area contributed by atoms with Crippen LogP contribution in [0.15, 0.2) is 33.7 Å². The molecule has 0 spiro atoms. The number of fused-ring (bicyclic) bond motifs is 2. The molecule has 3 saturated heterocycles. The molecule has 2 amide bonds. The monoisotopic (exact) mass is 714 g/mol. The smallest absolute Gasteiger partial charge is 0.353 e. The number of hydrogen-bond acceptors (Lipinski definition) is 10. The molecule has 0 unspecified atom stereocenters. The summed E-state index contributed by atoms with van der Waals surface area (Å²) in [4.78, 5) is 65.5. The van der Waals surface area contributed by atoms with Crippen LogP contribution in [-0.2, 0) is 14.4 Å². The number of pyridine rings is 1. The van der Waals surface area contributed by atoms with Gasteiger partial charge in [-0.2, -0.15) is 0 Å². The molecule has 1 aliphatic carbocycles. The van der Waals surface area contributed by atoms with Crippen molar-refractivity contribution in [2.75, 3.05) is 51.7 Å². The summed E-state index contributed by atoms with van der Waals surface area (Å²) < 4.78 is 16.4. The number of piperazine rings is 1. The van der Waals surface area contributed by atoms with Crippen molar-refractivity contribution in [1.29, 1.82) is 0 Å². The van der Waals surface area contributed by atoms with Crippen LogP contribution in [0.25, 0.3) is 10.9 Å². The van der Waals surface area contributed by atoms with Crippen LogP contribution in [0.3, 0.4) is 0 Å². The van der Waals surface area contributed by atoms with Gasteiger partial charge in [0.1, 0.15) is 17.1 Å². The van der Waals surface area contributed by atoms with Crippen LogP contribution in [0.1, 0.15) is 49.5 Å². The van der Waals surface area contributed by atoms with Gasteiger partial charge in [0, 0.05) is 80.5 Å². The summed E-state index contributed by atoms with van der Waals surface area (Å²) >= 11 is 1.45. The Bertz CT molecular complexity index is 1820. The molecule has 7 rings (SSSR count). The number of aromatic carboxylic acids is 1. The third-order valence-corrected chi connectivity index (χ3v) is 11.7. The van der Waals surface area contributed by atoms with E-state index < -0.39 is 35.2 Å². The van der Waals surface area contributed by atoms with Crippen molar-refractivity contribution in [3.8, 4) is 0 Å². The first-order valence-electron chi connectivity index (χ1n) is 16.9. The van der Waals surface area contributed by atoms with E-state index in [1.165, 1.54) is 28.9 Å². The molecule has 50 heavy (non-hydrogen) atoms. The second kappa shape index (κ2) is 14.0. The van der Waals surface area contributed by atoms with Crippen LogP contribution in [-0.4, -0.2) is 124 Å². The van der Waals surface area contributed by atoms with E-state index in [0.717, 1.165) is 25.9 Å². The Morgan fingerprint density at radius 1 is 1.08 bits per heavy atom. The highest BCUT2D eigenvalue weighted by molar-refractivity contribution is 8.03. The molecule has 2 aromatic rings. The van der Waals surface area contributed by atoms with E-state index in [1.807, 2.05) is 16.4 Å². The minimum absolute atomic E-state index is 0.00757. The van der Waals surface area contributed by atoms with Crippen LogP contribution in [0.2, 0.25) is 0 Å². The van der Waals surface area contributed by atoms with Crippen LogP contribution >= 0.6 is 11.8 Å². The van der Waals surface area contributed by atoms with E-state index >= 15 is 0 Å². The fraction of sp³-hybridized carbons (Fsp3) is 0.559. The zero-order valence-electron chi connectivity index (χ0n) is 28.4. The van der Waals surface area contributed by atoms with Crippen molar-refractivity contribution in [1.82, 2.24) is 25.0 Å². The number of halogens is 1. The van der Waals surface area contributed by atoms with Crippen molar-refractivity contribution in [2.45, 2.75) is 62.6 Å². The molecule has 16 heteroatoms. The van der Waals surface area contributed by atoms with Gasteiger partial charge in [-0.05, 0) is 38.3 Å². The SMILES string of the molecule is C[C@@H](O)[C@H]1C(=O)N2C(C(=O)O)=C(S[C@@H]3CN[C@H](C(=O)N(C)C)C3)[C@H](C)[C@H]12.O=C(O)c1cn(C2CC2)c2cc(N3CCNCC3)c(F)cc2c1=O. The summed E-state index contributed by atoms with van der Waals surface area (Å²) in [6.45, 7) is 7.04. The lowest BCUT2D eigenvalue weighted by Crippen LogP contribution is -2.63. The fourth-order valence-electron chi connectivity index (χ4n) is 7.46. The van der Waals surface area contributed by atoms with Crippen LogP contribution < -0.4 is 21.0 Å². The van der Waals surface area contributed by atoms with E-state index in [-0.39, 0.29) is 57.8 Å². The van der Waals surface area contributed by atoms with E-state index in [2.05, 4.69) is 10.6 Å². The number of hydrogen-bond donors (Lipinski definition) is 5. The number of carbonyl (C=O) groups is 4. The molecule has 5 N–H and O–H groups in total. The zero-order valence-corrected chi connectivity index (χ0v) is 29.2. The molecule has 0 bridgehead atoms.